The van der Waals surface area contributed by atoms with Crippen molar-refractivity contribution in [3.05, 3.63) is 65.6 Å². The summed E-state index contributed by atoms with van der Waals surface area (Å²) in [5, 5.41) is 5.06. The first-order chi connectivity index (χ1) is 15.3. The molecule has 3 aromatic rings. The van der Waals surface area contributed by atoms with Gasteiger partial charge in [-0.25, -0.2) is 4.98 Å². The molecule has 1 heterocycles. The van der Waals surface area contributed by atoms with Gasteiger partial charge in [-0.2, -0.15) is 13.2 Å². The average molecular weight is 462 g/mol. The van der Waals surface area contributed by atoms with E-state index in [2.05, 4.69) is 10.3 Å². The standard InChI is InChI=1S/C23H21F3N2O3S/c1-30-18-10-6-17(7-11-18)20-15-32-22(27-20)28-21(29)12-5-16-3-8-19(9-4-16)31-14-2-13-23(24,25)26/h3-12,15H,2,13-14H2,1H3,(H,27,28,29)/b12-5-. The van der Waals surface area contributed by atoms with Crippen molar-refractivity contribution >= 4 is 28.5 Å². The molecule has 0 saturated carbocycles. The Kier molecular flexibility index (Phi) is 7.88. The van der Waals surface area contributed by atoms with Gasteiger partial charge in [0.2, 0.25) is 5.91 Å². The third-order valence-electron chi connectivity index (χ3n) is 4.30. The van der Waals surface area contributed by atoms with E-state index in [-0.39, 0.29) is 18.9 Å². The number of methoxy groups -OCH3 is 1. The number of carbonyl (C=O) groups is 1. The molecule has 1 aromatic heterocycles. The normalized spacial score (nSPS) is 11.5. The van der Waals surface area contributed by atoms with Crippen LogP contribution in [0.2, 0.25) is 0 Å². The molecule has 0 unspecified atom stereocenters. The summed E-state index contributed by atoms with van der Waals surface area (Å²) in [6.07, 6.45) is -2.13. The number of amides is 1. The van der Waals surface area contributed by atoms with Gasteiger partial charge in [0, 0.05) is 23.4 Å². The van der Waals surface area contributed by atoms with Crippen LogP contribution < -0.4 is 14.8 Å². The fourth-order valence-corrected chi connectivity index (χ4v) is 3.40. The van der Waals surface area contributed by atoms with E-state index >= 15 is 0 Å². The maximum Gasteiger partial charge on any atom is 0.389 e. The van der Waals surface area contributed by atoms with Gasteiger partial charge in [-0.3, -0.25) is 10.1 Å². The number of ether oxygens (including phenoxy) is 2. The molecule has 3 rings (SSSR count). The first-order valence-corrected chi connectivity index (χ1v) is 10.6. The molecule has 5 nitrogen and oxygen atoms in total. The molecule has 0 aliphatic heterocycles. The Morgan fingerprint density at radius 3 is 2.44 bits per heavy atom. The second-order valence-electron chi connectivity index (χ2n) is 6.73. The topological polar surface area (TPSA) is 60.5 Å². The number of aromatic nitrogens is 1. The summed E-state index contributed by atoms with van der Waals surface area (Å²) in [7, 11) is 1.60. The number of carbonyl (C=O) groups excluding carboxylic acids is 1. The summed E-state index contributed by atoms with van der Waals surface area (Å²) in [5.74, 6) is 0.902. The largest absolute Gasteiger partial charge is 0.497 e. The molecule has 0 radical (unpaired) electrons. The van der Waals surface area contributed by atoms with Gasteiger partial charge in [0.25, 0.3) is 0 Å². The Balaban J connectivity index is 1.48. The Morgan fingerprint density at radius 1 is 1.09 bits per heavy atom. The lowest BCUT2D eigenvalue weighted by molar-refractivity contribution is -0.136. The van der Waals surface area contributed by atoms with Crippen molar-refractivity contribution in [3.63, 3.8) is 0 Å². The lowest BCUT2D eigenvalue weighted by Gasteiger charge is -2.08. The maximum atomic E-state index is 12.2. The fraction of sp³-hybridized carbons (Fsp3) is 0.217. The van der Waals surface area contributed by atoms with Crippen molar-refractivity contribution in [1.82, 2.24) is 4.98 Å². The van der Waals surface area contributed by atoms with Gasteiger partial charge in [-0.1, -0.05) is 12.1 Å². The second-order valence-corrected chi connectivity index (χ2v) is 7.58. The predicted molar refractivity (Wildman–Crippen MR) is 119 cm³/mol. The van der Waals surface area contributed by atoms with E-state index in [1.807, 2.05) is 29.6 Å². The first kappa shape index (κ1) is 23.3. The first-order valence-electron chi connectivity index (χ1n) is 9.71. The second kappa shape index (κ2) is 10.8. The number of hydrogen-bond donors (Lipinski definition) is 1. The highest BCUT2D eigenvalue weighted by molar-refractivity contribution is 7.14. The molecule has 0 aliphatic rings. The number of anilines is 1. The third-order valence-corrected chi connectivity index (χ3v) is 5.06. The average Bonchev–Trinajstić information content (AvgIpc) is 3.24. The molecular weight excluding hydrogens is 441 g/mol. The van der Waals surface area contributed by atoms with Crippen molar-refractivity contribution in [3.8, 4) is 22.8 Å². The van der Waals surface area contributed by atoms with Crippen molar-refractivity contribution in [1.29, 1.82) is 0 Å². The number of nitrogens with zero attached hydrogens (tertiary/aromatic N) is 1. The number of benzene rings is 2. The monoisotopic (exact) mass is 462 g/mol. The number of rotatable bonds is 9. The molecule has 0 atom stereocenters. The molecule has 0 saturated heterocycles. The summed E-state index contributed by atoms with van der Waals surface area (Å²) in [6, 6.07) is 14.2. The lowest BCUT2D eigenvalue weighted by Crippen LogP contribution is -2.09. The van der Waals surface area contributed by atoms with Gasteiger partial charge in [-0.15, -0.1) is 11.3 Å². The van der Waals surface area contributed by atoms with E-state index in [0.29, 0.717) is 10.9 Å². The van der Waals surface area contributed by atoms with Gasteiger partial charge in [0.1, 0.15) is 11.5 Å². The van der Waals surface area contributed by atoms with E-state index in [1.54, 1.807) is 37.5 Å². The third kappa shape index (κ3) is 7.42. The lowest BCUT2D eigenvalue weighted by atomic mass is 10.2. The molecule has 0 bridgehead atoms. The van der Waals surface area contributed by atoms with Crippen LogP contribution in [-0.4, -0.2) is 30.8 Å². The summed E-state index contributed by atoms with van der Waals surface area (Å²) in [4.78, 5) is 16.6. The van der Waals surface area contributed by atoms with E-state index in [0.717, 1.165) is 22.6 Å². The summed E-state index contributed by atoms with van der Waals surface area (Å²) >= 11 is 1.32. The van der Waals surface area contributed by atoms with E-state index in [1.165, 1.54) is 17.4 Å². The zero-order valence-electron chi connectivity index (χ0n) is 17.2. The van der Waals surface area contributed by atoms with Crippen LogP contribution in [0.25, 0.3) is 17.3 Å². The van der Waals surface area contributed by atoms with Crippen molar-refractivity contribution in [2.75, 3.05) is 19.0 Å². The molecule has 168 valence electrons. The molecular formula is C23H21F3N2O3S. The van der Waals surface area contributed by atoms with Crippen molar-refractivity contribution in [2.45, 2.75) is 19.0 Å². The highest BCUT2D eigenvalue weighted by atomic mass is 32.1. The van der Waals surface area contributed by atoms with E-state index in [4.69, 9.17) is 9.47 Å². The van der Waals surface area contributed by atoms with Crippen molar-refractivity contribution in [2.24, 2.45) is 0 Å². The molecule has 0 spiro atoms. The Morgan fingerprint density at radius 2 is 1.78 bits per heavy atom. The number of hydrogen-bond acceptors (Lipinski definition) is 5. The minimum Gasteiger partial charge on any atom is -0.497 e. The van der Waals surface area contributed by atoms with Crippen LogP contribution in [0.4, 0.5) is 18.3 Å². The molecule has 2 aromatic carbocycles. The van der Waals surface area contributed by atoms with Crippen molar-refractivity contribution < 1.29 is 27.4 Å². The Labute approximate surface area is 187 Å². The van der Waals surface area contributed by atoms with E-state index < -0.39 is 12.6 Å². The van der Waals surface area contributed by atoms with Crippen LogP contribution in [0, 0.1) is 0 Å². The molecule has 1 N–H and O–H groups in total. The van der Waals surface area contributed by atoms with Crippen LogP contribution in [0.15, 0.2) is 60.0 Å². The SMILES string of the molecule is COc1ccc(-c2csc(NC(=O)/C=C\c3ccc(OCCCC(F)(F)F)cc3)n2)cc1. The zero-order valence-corrected chi connectivity index (χ0v) is 18.0. The van der Waals surface area contributed by atoms with Gasteiger partial charge >= 0.3 is 6.18 Å². The molecule has 9 heteroatoms. The number of thiazole rings is 1. The Hall–Kier alpha value is -3.33. The highest BCUT2D eigenvalue weighted by Gasteiger charge is 2.26. The maximum absolute atomic E-state index is 12.2. The van der Waals surface area contributed by atoms with Gasteiger partial charge in [0.15, 0.2) is 5.13 Å². The summed E-state index contributed by atoms with van der Waals surface area (Å²) in [6.45, 7) is -0.0105. The zero-order chi connectivity index (χ0) is 23.0. The summed E-state index contributed by atoms with van der Waals surface area (Å²) < 4.78 is 46.8. The summed E-state index contributed by atoms with van der Waals surface area (Å²) in [5.41, 5.74) is 2.42. The minimum absolute atomic E-state index is 0.0105. The van der Waals surface area contributed by atoms with Crippen LogP contribution in [-0.2, 0) is 4.79 Å². The van der Waals surface area contributed by atoms with Gasteiger partial charge in [0.05, 0.1) is 19.4 Å². The van der Waals surface area contributed by atoms with Crippen LogP contribution in [0.5, 0.6) is 11.5 Å². The smallest absolute Gasteiger partial charge is 0.389 e. The van der Waals surface area contributed by atoms with E-state index in [9.17, 15) is 18.0 Å². The quantitative estimate of drug-likeness (QED) is 0.304. The number of nitrogens with one attached hydrogen (secondary N) is 1. The molecule has 0 fully saturated rings. The predicted octanol–water partition coefficient (Wildman–Crippen LogP) is 6.19. The van der Waals surface area contributed by atoms with Crippen LogP contribution in [0.3, 0.4) is 0 Å². The molecule has 1 amide bonds. The highest BCUT2D eigenvalue weighted by Crippen LogP contribution is 2.26. The van der Waals surface area contributed by atoms with Gasteiger partial charge in [-0.05, 0) is 54.5 Å². The fourth-order valence-electron chi connectivity index (χ4n) is 2.68. The van der Waals surface area contributed by atoms with Crippen LogP contribution >= 0.6 is 11.3 Å². The Bertz CT molecular complexity index is 1050. The molecule has 32 heavy (non-hydrogen) atoms. The number of halogens is 3. The minimum atomic E-state index is -4.17. The van der Waals surface area contributed by atoms with Gasteiger partial charge < -0.3 is 9.47 Å². The molecule has 0 aliphatic carbocycles. The van der Waals surface area contributed by atoms with Crippen LogP contribution in [0.1, 0.15) is 18.4 Å². The number of alkyl halides is 3.